The molecule has 2 aromatic rings. The SMILES string of the molecule is COc1ccc(C2OCC3OC(c4ccc(OC)cc4)O[C@@H]([C@@H](O)CO)C3O2)cc1. The normalized spacial score (nSPS) is 29.7. The molecule has 30 heavy (non-hydrogen) atoms. The summed E-state index contributed by atoms with van der Waals surface area (Å²) in [5.41, 5.74) is 1.57. The molecule has 2 aliphatic rings. The lowest BCUT2D eigenvalue weighted by Crippen LogP contribution is -2.58. The minimum atomic E-state index is -1.13. The molecular formula is C22H26O8. The third-order valence-corrected chi connectivity index (χ3v) is 5.30. The van der Waals surface area contributed by atoms with Crippen LogP contribution in [0.3, 0.4) is 0 Å². The van der Waals surface area contributed by atoms with Gasteiger partial charge in [-0.1, -0.05) is 24.3 Å². The molecule has 2 N–H and O–H groups in total. The van der Waals surface area contributed by atoms with Gasteiger partial charge in [-0.15, -0.1) is 0 Å². The van der Waals surface area contributed by atoms with Crippen molar-refractivity contribution in [3.05, 3.63) is 59.7 Å². The molecule has 0 spiro atoms. The molecule has 4 unspecified atom stereocenters. The summed E-state index contributed by atoms with van der Waals surface area (Å²) in [6.07, 6.45) is -4.36. The van der Waals surface area contributed by atoms with Gasteiger partial charge in [-0.05, 0) is 24.3 Å². The van der Waals surface area contributed by atoms with Gasteiger partial charge >= 0.3 is 0 Å². The van der Waals surface area contributed by atoms with Gasteiger partial charge in [-0.25, -0.2) is 0 Å². The zero-order chi connectivity index (χ0) is 21.1. The van der Waals surface area contributed by atoms with E-state index in [0.717, 1.165) is 16.9 Å². The van der Waals surface area contributed by atoms with Crippen LogP contribution in [0.2, 0.25) is 0 Å². The molecular weight excluding hydrogens is 392 g/mol. The predicted molar refractivity (Wildman–Crippen MR) is 105 cm³/mol. The number of benzene rings is 2. The summed E-state index contributed by atoms with van der Waals surface area (Å²) in [5, 5.41) is 20.0. The third-order valence-electron chi connectivity index (χ3n) is 5.30. The zero-order valence-electron chi connectivity index (χ0n) is 16.8. The maximum atomic E-state index is 10.4. The monoisotopic (exact) mass is 418 g/mol. The Hall–Kier alpha value is -2.20. The van der Waals surface area contributed by atoms with Crippen molar-refractivity contribution in [1.82, 2.24) is 0 Å². The zero-order valence-corrected chi connectivity index (χ0v) is 16.8. The Morgan fingerprint density at radius 2 is 1.43 bits per heavy atom. The van der Waals surface area contributed by atoms with Crippen molar-refractivity contribution >= 4 is 0 Å². The summed E-state index contributed by atoms with van der Waals surface area (Å²) in [6, 6.07) is 14.6. The first kappa shape index (κ1) is 21.0. The van der Waals surface area contributed by atoms with Gasteiger partial charge in [0.2, 0.25) is 0 Å². The molecule has 2 aromatic carbocycles. The van der Waals surface area contributed by atoms with E-state index in [0.29, 0.717) is 5.75 Å². The Labute approximate surface area is 174 Å². The lowest BCUT2D eigenvalue weighted by Gasteiger charge is -2.47. The van der Waals surface area contributed by atoms with E-state index < -0.39 is 43.6 Å². The molecule has 2 aliphatic heterocycles. The number of fused-ring (bicyclic) bond motifs is 1. The van der Waals surface area contributed by atoms with Gasteiger partial charge in [0.25, 0.3) is 0 Å². The third kappa shape index (κ3) is 4.29. The summed E-state index contributed by atoms with van der Waals surface area (Å²) in [6.45, 7) is -0.202. The Morgan fingerprint density at radius 3 is 1.97 bits per heavy atom. The van der Waals surface area contributed by atoms with E-state index in [1.165, 1.54) is 0 Å². The quantitative estimate of drug-likeness (QED) is 0.735. The highest BCUT2D eigenvalue weighted by Crippen LogP contribution is 2.39. The molecule has 6 atom stereocenters. The van der Waals surface area contributed by atoms with E-state index in [9.17, 15) is 10.2 Å². The Balaban J connectivity index is 1.52. The van der Waals surface area contributed by atoms with E-state index in [2.05, 4.69) is 0 Å². The molecule has 0 radical (unpaired) electrons. The Bertz CT molecular complexity index is 807. The van der Waals surface area contributed by atoms with Crippen LogP contribution < -0.4 is 9.47 Å². The molecule has 8 heteroatoms. The number of rotatable bonds is 6. The van der Waals surface area contributed by atoms with Crippen molar-refractivity contribution in [3.63, 3.8) is 0 Å². The maximum Gasteiger partial charge on any atom is 0.184 e. The second-order valence-electron chi connectivity index (χ2n) is 7.17. The molecule has 0 aliphatic carbocycles. The molecule has 2 fully saturated rings. The van der Waals surface area contributed by atoms with Gasteiger partial charge in [0.05, 0.1) is 27.4 Å². The average Bonchev–Trinajstić information content (AvgIpc) is 2.82. The molecule has 2 heterocycles. The van der Waals surface area contributed by atoms with E-state index in [1.54, 1.807) is 26.4 Å². The molecule has 2 saturated heterocycles. The van der Waals surface area contributed by atoms with Gasteiger partial charge in [0.15, 0.2) is 12.6 Å². The van der Waals surface area contributed by atoms with Gasteiger partial charge in [-0.3, -0.25) is 0 Å². The van der Waals surface area contributed by atoms with Crippen molar-refractivity contribution in [3.8, 4) is 11.5 Å². The van der Waals surface area contributed by atoms with Crippen LogP contribution in [0.4, 0.5) is 0 Å². The van der Waals surface area contributed by atoms with Gasteiger partial charge in [0.1, 0.15) is 35.9 Å². The summed E-state index contributed by atoms with van der Waals surface area (Å²) in [7, 11) is 3.20. The molecule has 0 saturated carbocycles. The summed E-state index contributed by atoms with van der Waals surface area (Å²) in [4.78, 5) is 0. The van der Waals surface area contributed by atoms with Gasteiger partial charge in [0, 0.05) is 11.1 Å². The van der Waals surface area contributed by atoms with Crippen LogP contribution in [-0.4, -0.2) is 62.1 Å². The molecule has 162 valence electrons. The summed E-state index contributed by atoms with van der Waals surface area (Å²) >= 11 is 0. The second kappa shape index (κ2) is 9.30. The number of ether oxygens (including phenoxy) is 6. The van der Waals surface area contributed by atoms with Crippen molar-refractivity contribution in [2.75, 3.05) is 27.4 Å². The van der Waals surface area contributed by atoms with E-state index in [-0.39, 0.29) is 6.61 Å². The topological polar surface area (TPSA) is 95.8 Å². The standard InChI is InChI=1S/C22H26O8/c1-25-15-7-3-13(4-8-15)21-27-12-18-20(30-21)19(17(24)11-23)29-22(28-18)14-5-9-16(26-2)10-6-14/h3-10,17-24H,11-12H2,1-2H3/t17-,18?,19-,20?,21?,22?/m0/s1. The molecule has 4 rings (SSSR count). The van der Waals surface area contributed by atoms with Gasteiger partial charge < -0.3 is 38.6 Å². The predicted octanol–water partition coefficient (Wildman–Crippen LogP) is 1.95. The highest BCUT2D eigenvalue weighted by atomic mass is 16.8. The first-order chi connectivity index (χ1) is 14.6. The lowest BCUT2D eigenvalue weighted by molar-refractivity contribution is -0.373. The van der Waals surface area contributed by atoms with Crippen LogP contribution in [0.1, 0.15) is 23.7 Å². The first-order valence-corrected chi connectivity index (χ1v) is 9.77. The lowest BCUT2D eigenvalue weighted by atomic mass is 9.99. The molecule has 0 aromatic heterocycles. The number of aliphatic hydroxyl groups excluding tert-OH is 2. The minimum Gasteiger partial charge on any atom is -0.497 e. The van der Waals surface area contributed by atoms with Crippen molar-refractivity contribution in [2.45, 2.75) is 37.0 Å². The number of hydrogen-bond acceptors (Lipinski definition) is 8. The van der Waals surface area contributed by atoms with Crippen molar-refractivity contribution in [2.24, 2.45) is 0 Å². The fraction of sp³-hybridized carbons (Fsp3) is 0.455. The summed E-state index contributed by atoms with van der Waals surface area (Å²) < 4.78 is 34.4. The summed E-state index contributed by atoms with van der Waals surface area (Å²) in [5.74, 6) is 1.44. The van der Waals surface area contributed by atoms with Crippen LogP contribution in [0.5, 0.6) is 11.5 Å². The van der Waals surface area contributed by atoms with Crippen molar-refractivity contribution in [1.29, 1.82) is 0 Å². The van der Waals surface area contributed by atoms with Crippen molar-refractivity contribution < 1.29 is 38.6 Å². The van der Waals surface area contributed by atoms with E-state index in [4.69, 9.17) is 28.4 Å². The fourth-order valence-electron chi connectivity index (χ4n) is 3.63. The Morgan fingerprint density at radius 1 is 0.867 bits per heavy atom. The molecule has 0 amide bonds. The largest absolute Gasteiger partial charge is 0.497 e. The van der Waals surface area contributed by atoms with Crippen LogP contribution >= 0.6 is 0 Å². The average molecular weight is 418 g/mol. The van der Waals surface area contributed by atoms with E-state index in [1.807, 2.05) is 36.4 Å². The highest BCUT2D eigenvalue weighted by Gasteiger charge is 2.48. The number of hydrogen-bond donors (Lipinski definition) is 2. The van der Waals surface area contributed by atoms with Crippen LogP contribution in [0.15, 0.2) is 48.5 Å². The minimum absolute atomic E-state index is 0.256. The number of methoxy groups -OCH3 is 2. The fourth-order valence-corrected chi connectivity index (χ4v) is 3.63. The highest BCUT2D eigenvalue weighted by molar-refractivity contribution is 5.29. The molecule has 0 bridgehead atoms. The number of aliphatic hydroxyl groups is 2. The van der Waals surface area contributed by atoms with Crippen LogP contribution in [0.25, 0.3) is 0 Å². The van der Waals surface area contributed by atoms with Gasteiger partial charge in [-0.2, -0.15) is 0 Å². The van der Waals surface area contributed by atoms with Crippen LogP contribution in [0, 0.1) is 0 Å². The first-order valence-electron chi connectivity index (χ1n) is 9.77. The smallest absolute Gasteiger partial charge is 0.184 e. The van der Waals surface area contributed by atoms with E-state index >= 15 is 0 Å². The maximum absolute atomic E-state index is 10.4. The molecule has 8 nitrogen and oxygen atoms in total. The second-order valence-corrected chi connectivity index (χ2v) is 7.17. The Kier molecular flexibility index (Phi) is 6.52. The van der Waals surface area contributed by atoms with Crippen LogP contribution in [-0.2, 0) is 18.9 Å².